The number of amidine groups is 1. The fraction of sp³-hybridized carbons (Fsp3) is 0.158. The van der Waals surface area contributed by atoms with E-state index in [0.717, 1.165) is 17.5 Å². The zero-order chi connectivity index (χ0) is 17.1. The molecular weight excluding hydrogens is 320 g/mol. The number of nitrogens with one attached hydrogen (secondary N) is 1. The lowest BCUT2D eigenvalue weighted by atomic mass is 10.1. The average Bonchev–Trinajstić information content (AvgIpc) is 2.90. The Morgan fingerprint density at radius 1 is 1.21 bits per heavy atom. The van der Waals surface area contributed by atoms with Crippen LogP contribution in [-0.2, 0) is 11.2 Å². The number of phenolic OH excluding ortho intramolecular Hbond substituents is 1. The molecule has 1 aliphatic heterocycles. The molecule has 24 heavy (non-hydrogen) atoms. The van der Waals surface area contributed by atoms with Gasteiger partial charge in [0.2, 0.25) is 0 Å². The molecule has 0 aliphatic carbocycles. The minimum atomic E-state index is -0.176. The Morgan fingerprint density at radius 3 is 2.62 bits per heavy atom. The quantitative estimate of drug-likeness (QED) is 0.826. The third-order valence-corrected chi connectivity index (χ3v) is 4.60. The van der Waals surface area contributed by atoms with Crippen LogP contribution in [-0.4, -0.2) is 16.2 Å². The number of carbonyl (C=O) groups excluding carboxylic acids is 1. The Bertz CT molecular complexity index is 839. The molecule has 1 aliphatic rings. The van der Waals surface area contributed by atoms with Gasteiger partial charge < -0.3 is 10.4 Å². The van der Waals surface area contributed by atoms with Crippen molar-refractivity contribution in [3.8, 4) is 5.75 Å². The Balaban J connectivity index is 1.82. The van der Waals surface area contributed by atoms with Gasteiger partial charge in [0.25, 0.3) is 5.91 Å². The summed E-state index contributed by atoms with van der Waals surface area (Å²) in [5, 5.41) is 13.1. The minimum Gasteiger partial charge on any atom is -0.506 e. The number of benzene rings is 2. The minimum absolute atomic E-state index is 0.102. The molecule has 2 aromatic rings. The number of aryl methyl sites for hydroxylation is 2. The second kappa shape index (κ2) is 6.93. The maximum atomic E-state index is 12.1. The zero-order valence-corrected chi connectivity index (χ0v) is 14.4. The van der Waals surface area contributed by atoms with Crippen molar-refractivity contribution in [3.63, 3.8) is 0 Å². The van der Waals surface area contributed by atoms with Gasteiger partial charge in [-0.15, -0.1) is 0 Å². The highest BCUT2D eigenvalue weighted by Gasteiger charge is 2.24. The molecule has 4 nitrogen and oxygen atoms in total. The summed E-state index contributed by atoms with van der Waals surface area (Å²) >= 11 is 1.27. The summed E-state index contributed by atoms with van der Waals surface area (Å²) in [6, 6.07) is 13.4. The molecule has 1 saturated heterocycles. The van der Waals surface area contributed by atoms with Crippen molar-refractivity contribution < 1.29 is 9.90 Å². The summed E-state index contributed by atoms with van der Waals surface area (Å²) in [5.41, 5.74) is 3.63. The van der Waals surface area contributed by atoms with E-state index in [1.165, 1.54) is 17.3 Å². The van der Waals surface area contributed by atoms with Crippen LogP contribution in [0, 0.1) is 6.92 Å². The van der Waals surface area contributed by atoms with Crippen molar-refractivity contribution >= 4 is 34.6 Å². The lowest BCUT2D eigenvalue weighted by Gasteiger charge is -2.01. The van der Waals surface area contributed by atoms with E-state index in [-0.39, 0.29) is 11.7 Å². The summed E-state index contributed by atoms with van der Waals surface area (Å²) in [6.45, 7) is 4.00. The van der Waals surface area contributed by atoms with E-state index in [2.05, 4.69) is 29.4 Å². The number of amides is 1. The van der Waals surface area contributed by atoms with Crippen molar-refractivity contribution in [2.75, 3.05) is 0 Å². The monoisotopic (exact) mass is 338 g/mol. The van der Waals surface area contributed by atoms with Crippen LogP contribution < -0.4 is 5.32 Å². The SMILES string of the molecule is CCc1ccc(/C=C2\SC(=Nc3ccc(C)cc3O)NC2=O)cc1. The molecule has 2 N–H and O–H groups in total. The standard InChI is InChI=1S/C19H18N2O2S/c1-3-13-5-7-14(8-6-13)11-17-18(23)21-19(24-17)20-15-9-4-12(2)10-16(15)22/h4-11,22H,3H2,1-2H3,(H,20,21,23)/b17-11-. The van der Waals surface area contributed by atoms with Gasteiger partial charge in [-0.25, -0.2) is 4.99 Å². The molecule has 1 fully saturated rings. The van der Waals surface area contributed by atoms with E-state index >= 15 is 0 Å². The van der Waals surface area contributed by atoms with Crippen molar-refractivity contribution in [1.82, 2.24) is 5.32 Å². The average molecular weight is 338 g/mol. The summed E-state index contributed by atoms with van der Waals surface area (Å²) < 4.78 is 0. The fourth-order valence-electron chi connectivity index (χ4n) is 2.32. The third-order valence-electron chi connectivity index (χ3n) is 3.69. The van der Waals surface area contributed by atoms with Crippen LogP contribution in [0.1, 0.15) is 23.6 Å². The van der Waals surface area contributed by atoms with E-state index in [0.29, 0.717) is 15.8 Å². The first kappa shape index (κ1) is 16.3. The van der Waals surface area contributed by atoms with E-state index in [1.54, 1.807) is 12.1 Å². The maximum absolute atomic E-state index is 12.1. The first-order chi connectivity index (χ1) is 11.5. The number of thioether (sulfide) groups is 1. The highest BCUT2D eigenvalue weighted by Crippen LogP contribution is 2.32. The largest absolute Gasteiger partial charge is 0.506 e. The van der Waals surface area contributed by atoms with E-state index in [1.807, 2.05) is 31.2 Å². The molecule has 0 radical (unpaired) electrons. The van der Waals surface area contributed by atoms with Gasteiger partial charge in [0.1, 0.15) is 11.4 Å². The molecule has 5 heteroatoms. The number of hydrogen-bond donors (Lipinski definition) is 2. The molecule has 0 bridgehead atoms. The smallest absolute Gasteiger partial charge is 0.264 e. The second-order valence-electron chi connectivity index (χ2n) is 5.57. The van der Waals surface area contributed by atoms with Crippen LogP contribution in [0.5, 0.6) is 5.75 Å². The molecule has 1 amide bonds. The Kier molecular flexibility index (Phi) is 4.71. The summed E-state index contributed by atoms with van der Waals surface area (Å²) in [5.74, 6) is -0.0742. The number of phenols is 1. The molecule has 0 unspecified atom stereocenters. The Morgan fingerprint density at radius 2 is 1.96 bits per heavy atom. The zero-order valence-electron chi connectivity index (χ0n) is 13.5. The highest BCUT2D eigenvalue weighted by atomic mass is 32.2. The van der Waals surface area contributed by atoms with Gasteiger partial charge in [-0.05, 0) is 60.0 Å². The molecule has 0 spiro atoms. The van der Waals surface area contributed by atoms with Crippen LogP contribution in [0.4, 0.5) is 5.69 Å². The molecular formula is C19H18N2O2S. The number of carbonyl (C=O) groups is 1. The maximum Gasteiger partial charge on any atom is 0.264 e. The third kappa shape index (κ3) is 3.68. The lowest BCUT2D eigenvalue weighted by molar-refractivity contribution is -0.115. The Labute approximate surface area is 145 Å². The molecule has 0 aromatic heterocycles. The van der Waals surface area contributed by atoms with Crippen LogP contribution in [0.3, 0.4) is 0 Å². The molecule has 2 aromatic carbocycles. The van der Waals surface area contributed by atoms with E-state index < -0.39 is 0 Å². The first-order valence-corrected chi connectivity index (χ1v) is 8.55. The van der Waals surface area contributed by atoms with Crippen molar-refractivity contribution in [2.45, 2.75) is 20.3 Å². The van der Waals surface area contributed by atoms with Crippen LogP contribution in [0.25, 0.3) is 6.08 Å². The number of rotatable bonds is 3. The molecule has 0 saturated carbocycles. The van der Waals surface area contributed by atoms with Gasteiger partial charge in [-0.2, -0.15) is 0 Å². The topological polar surface area (TPSA) is 61.7 Å². The number of nitrogens with zero attached hydrogens (tertiary/aromatic N) is 1. The molecule has 3 rings (SSSR count). The van der Waals surface area contributed by atoms with E-state index in [9.17, 15) is 9.90 Å². The van der Waals surface area contributed by atoms with Gasteiger partial charge in [0.15, 0.2) is 5.17 Å². The highest BCUT2D eigenvalue weighted by molar-refractivity contribution is 8.18. The number of aromatic hydroxyl groups is 1. The van der Waals surface area contributed by atoms with E-state index in [4.69, 9.17) is 0 Å². The summed E-state index contributed by atoms with van der Waals surface area (Å²) in [6.07, 6.45) is 2.83. The Hall–Kier alpha value is -2.53. The van der Waals surface area contributed by atoms with Gasteiger partial charge >= 0.3 is 0 Å². The van der Waals surface area contributed by atoms with Gasteiger partial charge in [0, 0.05) is 0 Å². The summed E-state index contributed by atoms with van der Waals surface area (Å²) in [7, 11) is 0. The second-order valence-corrected chi connectivity index (χ2v) is 6.60. The van der Waals surface area contributed by atoms with Crippen molar-refractivity contribution in [3.05, 3.63) is 64.1 Å². The first-order valence-electron chi connectivity index (χ1n) is 7.73. The molecule has 1 heterocycles. The molecule has 122 valence electrons. The number of hydrogen-bond acceptors (Lipinski definition) is 4. The predicted molar refractivity (Wildman–Crippen MR) is 99.5 cm³/mol. The fourth-order valence-corrected chi connectivity index (χ4v) is 3.15. The normalized spacial score (nSPS) is 17.5. The van der Waals surface area contributed by atoms with Crippen LogP contribution in [0.2, 0.25) is 0 Å². The van der Waals surface area contributed by atoms with Crippen LogP contribution in [0.15, 0.2) is 52.4 Å². The van der Waals surface area contributed by atoms with Gasteiger partial charge in [-0.3, -0.25) is 4.79 Å². The van der Waals surface area contributed by atoms with Crippen LogP contribution >= 0.6 is 11.8 Å². The lowest BCUT2D eigenvalue weighted by Crippen LogP contribution is -2.19. The van der Waals surface area contributed by atoms with Gasteiger partial charge in [0.05, 0.1) is 4.91 Å². The number of aliphatic imine (C=N–C) groups is 1. The van der Waals surface area contributed by atoms with Gasteiger partial charge in [-0.1, -0.05) is 37.3 Å². The predicted octanol–water partition coefficient (Wildman–Crippen LogP) is 4.15. The van der Waals surface area contributed by atoms with Crippen molar-refractivity contribution in [1.29, 1.82) is 0 Å². The molecule has 0 atom stereocenters. The summed E-state index contributed by atoms with van der Waals surface area (Å²) in [4.78, 5) is 17.0. The van der Waals surface area contributed by atoms with Crippen molar-refractivity contribution in [2.24, 2.45) is 4.99 Å².